The van der Waals surface area contributed by atoms with E-state index in [1.165, 1.54) is 6.26 Å². The van der Waals surface area contributed by atoms with Crippen LogP contribution in [0.2, 0.25) is 0 Å². The first-order chi connectivity index (χ1) is 7.31. The minimum absolute atomic E-state index is 0.257. The van der Waals surface area contributed by atoms with Gasteiger partial charge in [0.05, 0.1) is 11.6 Å². The van der Waals surface area contributed by atoms with E-state index in [0.717, 1.165) is 17.4 Å². The molecule has 15 heavy (non-hydrogen) atoms. The lowest BCUT2D eigenvalue weighted by molar-refractivity contribution is 0.519. The molecule has 0 aliphatic rings. The summed E-state index contributed by atoms with van der Waals surface area (Å²) in [5.74, 6) is 0. The van der Waals surface area contributed by atoms with Crippen molar-refractivity contribution in [2.24, 2.45) is 0 Å². The van der Waals surface area contributed by atoms with E-state index >= 15 is 0 Å². The number of hydrogen-bond acceptors (Lipinski definition) is 2. The monoisotopic (exact) mass is 204 g/mol. The Balaban J connectivity index is 0.000000531. The zero-order valence-corrected chi connectivity index (χ0v) is 9.41. The van der Waals surface area contributed by atoms with Gasteiger partial charge in [-0.25, -0.2) is 4.79 Å². The lowest BCUT2D eigenvalue weighted by Crippen LogP contribution is -1.98. The van der Waals surface area contributed by atoms with Gasteiger partial charge < -0.3 is 4.42 Å². The summed E-state index contributed by atoms with van der Waals surface area (Å²) in [7, 11) is 0. The van der Waals surface area contributed by atoms with Gasteiger partial charge in [0.15, 0.2) is 0 Å². The molecule has 0 bridgehead atoms. The highest BCUT2D eigenvalue weighted by Crippen LogP contribution is 2.12. The van der Waals surface area contributed by atoms with E-state index in [9.17, 15) is 4.79 Å². The Bertz CT molecular complexity index is 483. The molecule has 0 spiro atoms. The molecule has 2 nitrogen and oxygen atoms in total. The Labute approximate surface area is 89.5 Å². The van der Waals surface area contributed by atoms with E-state index < -0.39 is 0 Å². The van der Waals surface area contributed by atoms with Crippen LogP contribution in [0.5, 0.6) is 0 Å². The maximum absolute atomic E-state index is 11.3. The molecular weight excluding hydrogens is 188 g/mol. The van der Waals surface area contributed by atoms with E-state index in [1.54, 1.807) is 6.07 Å². The van der Waals surface area contributed by atoms with Gasteiger partial charge in [-0.15, -0.1) is 0 Å². The number of aryl methyl sites for hydroxylation is 1. The fraction of sp³-hybridized carbons (Fsp3) is 0.308. The molecule has 0 fully saturated rings. The molecule has 0 aliphatic heterocycles. The van der Waals surface area contributed by atoms with E-state index in [2.05, 4.69) is 6.92 Å². The van der Waals surface area contributed by atoms with Gasteiger partial charge in [-0.3, -0.25) is 0 Å². The zero-order chi connectivity index (χ0) is 11.3. The first kappa shape index (κ1) is 11.5. The summed E-state index contributed by atoms with van der Waals surface area (Å²) in [6.07, 6.45) is 2.36. The average molecular weight is 204 g/mol. The van der Waals surface area contributed by atoms with Crippen LogP contribution in [-0.2, 0) is 6.42 Å². The Kier molecular flexibility index (Phi) is 4.10. The highest BCUT2D eigenvalue weighted by molar-refractivity contribution is 5.81. The van der Waals surface area contributed by atoms with Gasteiger partial charge in [0.25, 0.3) is 0 Å². The van der Waals surface area contributed by atoms with Crippen LogP contribution in [0.15, 0.2) is 39.7 Å². The fourth-order valence-corrected chi connectivity index (χ4v) is 1.38. The van der Waals surface area contributed by atoms with Crippen molar-refractivity contribution in [3.05, 3.63) is 46.5 Å². The van der Waals surface area contributed by atoms with E-state index in [4.69, 9.17) is 4.42 Å². The molecule has 0 saturated carbocycles. The molecule has 80 valence electrons. The molecule has 1 aromatic carbocycles. The van der Waals surface area contributed by atoms with Gasteiger partial charge in [-0.05, 0) is 29.5 Å². The molecule has 0 aliphatic carbocycles. The molecule has 2 rings (SSSR count). The topological polar surface area (TPSA) is 30.2 Å². The van der Waals surface area contributed by atoms with Crippen LogP contribution in [-0.4, -0.2) is 0 Å². The van der Waals surface area contributed by atoms with Crippen molar-refractivity contribution in [3.8, 4) is 0 Å². The van der Waals surface area contributed by atoms with Crippen molar-refractivity contribution in [2.75, 3.05) is 0 Å². The number of hydrogen-bond donors (Lipinski definition) is 0. The van der Waals surface area contributed by atoms with Crippen molar-refractivity contribution >= 4 is 10.8 Å². The zero-order valence-electron chi connectivity index (χ0n) is 9.41. The van der Waals surface area contributed by atoms with Crippen LogP contribution < -0.4 is 5.63 Å². The third kappa shape index (κ3) is 2.46. The van der Waals surface area contributed by atoms with Crippen LogP contribution >= 0.6 is 0 Å². The molecule has 0 radical (unpaired) electrons. The summed E-state index contributed by atoms with van der Waals surface area (Å²) >= 11 is 0. The first-order valence-corrected chi connectivity index (χ1v) is 5.31. The largest absolute Gasteiger partial charge is 0.431 e. The third-order valence-electron chi connectivity index (χ3n) is 2.17. The Hall–Kier alpha value is -1.57. The van der Waals surface area contributed by atoms with Crippen molar-refractivity contribution in [3.63, 3.8) is 0 Å². The first-order valence-electron chi connectivity index (χ1n) is 5.31. The standard InChI is InChI=1S/C11H10O2.C2H6/c1-2-8-3-4-9-5-6-13-11(12)10(9)7-8;1-2/h3-7H,2H2,1H3;1-2H3. The van der Waals surface area contributed by atoms with Crippen LogP contribution in [0.1, 0.15) is 26.3 Å². The van der Waals surface area contributed by atoms with Crippen LogP contribution in [0.3, 0.4) is 0 Å². The smallest absolute Gasteiger partial charge is 0.343 e. The lowest BCUT2D eigenvalue weighted by atomic mass is 10.1. The highest BCUT2D eigenvalue weighted by atomic mass is 16.4. The Morgan fingerprint density at radius 3 is 2.60 bits per heavy atom. The highest BCUT2D eigenvalue weighted by Gasteiger charge is 1.99. The Morgan fingerprint density at radius 1 is 1.20 bits per heavy atom. The molecule has 0 saturated heterocycles. The molecule has 1 aromatic heterocycles. The molecular formula is C13H16O2. The number of fused-ring (bicyclic) bond motifs is 1. The summed E-state index contributed by atoms with van der Waals surface area (Å²) in [6.45, 7) is 6.06. The number of benzene rings is 1. The summed E-state index contributed by atoms with van der Waals surface area (Å²) < 4.78 is 4.78. The van der Waals surface area contributed by atoms with Gasteiger partial charge in [0.2, 0.25) is 0 Å². The summed E-state index contributed by atoms with van der Waals surface area (Å²) in [4.78, 5) is 11.3. The maximum atomic E-state index is 11.3. The van der Waals surface area contributed by atoms with Crippen molar-refractivity contribution in [1.82, 2.24) is 0 Å². The van der Waals surface area contributed by atoms with Gasteiger partial charge in [-0.2, -0.15) is 0 Å². The molecule has 2 heteroatoms. The molecule has 0 amide bonds. The van der Waals surface area contributed by atoms with Gasteiger partial charge in [0, 0.05) is 0 Å². The SMILES string of the molecule is CC.CCc1ccc2ccoc(=O)c2c1. The summed E-state index contributed by atoms with van der Waals surface area (Å²) in [5.41, 5.74) is 0.902. The van der Waals surface area contributed by atoms with Crippen LogP contribution in [0, 0.1) is 0 Å². The second kappa shape index (κ2) is 5.35. The minimum Gasteiger partial charge on any atom is -0.431 e. The minimum atomic E-state index is -0.257. The molecule has 0 atom stereocenters. The van der Waals surface area contributed by atoms with Crippen molar-refractivity contribution in [2.45, 2.75) is 27.2 Å². The normalized spacial score (nSPS) is 9.53. The van der Waals surface area contributed by atoms with Gasteiger partial charge >= 0.3 is 5.63 Å². The van der Waals surface area contributed by atoms with Gasteiger partial charge in [0.1, 0.15) is 0 Å². The maximum Gasteiger partial charge on any atom is 0.343 e. The molecule has 1 heterocycles. The second-order valence-electron chi connectivity index (χ2n) is 2.98. The average Bonchev–Trinajstić information content (AvgIpc) is 2.32. The molecule has 2 aromatic rings. The predicted molar refractivity (Wildman–Crippen MR) is 63.2 cm³/mol. The molecule has 0 unspecified atom stereocenters. The number of rotatable bonds is 1. The second-order valence-corrected chi connectivity index (χ2v) is 2.98. The summed E-state index contributed by atoms with van der Waals surface area (Å²) in [5, 5.41) is 1.61. The van der Waals surface area contributed by atoms with Crippen LogP contribution in [0.4, 0.5) is 0 Å². The lowest BCUT2D eigenvalue weighted by Gasteiger charge is -1.98. The van der Waals surface area contributed by atoms with Crippen molar-refractivity contribution in [1.29, 1.82) is 0 Å². The van der Waals surface area contributed by atoms with E-state index in [1.807, 2.05) is 32.0 Å². The fourth-order valence-electron chi connectivity index (χ4n) is 1.38. The molecule has 0 N–H and O–H groups in total. The van der Waals surface area contributed by atoms with Gasteiger partial charge in [-0.1, -0.05) is 32.9 Å². The van der Waals surface area contributed by atoms with Crippen LogP contribution in [0.25, 0.3) is 10.8 Å². The van der Waals surface area contributed by atoms with E-state index in [-0.39, 0.29) is 5.63 Å². The predicted octanol–water partition coefficient (Wildman–Crippen LogP) is 3.38. The Morgan fingerprint density at radius 2 is 1.93 bits per heavy atom. The third-order valence-corrected chi connectivity index (χ3v) is 2.17. The quantitative estimate of drug-likeness (QED) is 0.712. The van der Waals surface area contributed by atoms with Crippen molar-refractivity contribution < 1.29 is 4.42 Å². The summed E-state index contributed by atoms with van der Waals surface area (Å²) in [6, 6.07) is 7.67. The van der Waals surface area contributed by atoms with E-state index in [0.29, 0.717) is 5.39 Å².